The van der Waals surface area contributed by atoms with Crippen LogP contribution in [0.1, 0.15) is 47.9 Å². The number of hydrogen-bond acceptors (Lipinski definition) is 6. The van der Waals surface area contributed by atoms with Crippen LogP contribution in [-0.4, -0.2) is 34.7 Å². The number of rotatable bonds is 8. The van der Waals surface area contributed by atoms with E-state index >= 15 is 0 Å². The zero-order chi connectivity index (χ0) is 26.2. The van der Waals surface area contributed by atoms with Crippen LogP contribution in [0.4, 0.5) is 0 Å². The highest BCUT2D eigenvalue weighted by Crippen LogP contribution is 2.29. The van der Waals surface area contributed by atoms with E-state index in [1.54, 1.807) is 0 Å². The van der Waals surface area contributed by atoms with E-state index in [9.17, 15) is 9.59 Å². The molecule has 36 heavy (non-hydrogen) atoms. The molecule has 0 saturated heterocycles. The molecule has 0 aromatic heterocycles. The molecule has 1 fully saturated rings. The van der Waals surface area contributed by atoms with Crippen LogP contribution in [0.15, 0.2) is 53.2 Å². The van der Waals surface area contributed by atoms with Crippen LogP contribution in [0.3, 0.4) is 0 Å². The number of carbonyl (C=O) groups excluding carboxylic acids is 2. The second kappa shape index (κ2) is 13.8. The van der Waals surface area contributed by atoms with Gasteiger partial charge < -0.3 is 0 Å². The van der Waals surface area contributed by atoms with Crippen molar-refractivity contribution in [3.05, 3.63) is 55.5 Å². The van der Waals surface area contributed by atoms with E-state index in [4.69, 9.17) is 0 Å². The Morgan fingerprint density at radius 2 is 1.17 bits per heavy atom. The van der Waals surface area contributed by atoms with E-state index in [-0.39, 0.29) is 11.8 Å². The number of aryl methyl sites for hydroxylation is 4. The number of halogens is 2. The van der Waals surface area contributed by atoms with Crippen LogP contribution in [-0.2, 0) is 9.59 Å². The molecule has 0 unspecified atom stereocenters. The van der Waals surface area contributed by atoms with E-state index in [1.807, 2.05) is 27.7 Å². The standard InChI is InChI=1S/C26H30Br2N4O2S2/c1-15-10-23(17(3)8-21(15)27)35-13-25(33)31-29-19-6-5-7-20(12-19)30-32-26(34)14-36-24-11-16(2)22(28)9-18(24)4/h8-11H,5-7,12-14H2,1-4H3,(H,31,33)(H,32,34)/b29-19-,30-20-. The van der Waals surface area contributed by atoms with Gasteiger partial charge in [-0.25, -0.2) is 10.9 Å². The van der Waals surface area contributed by atoms with Gasteiger partial charge in [-0.3, -0.25) is 9.59 Å². The smallest absolute Gasteiger partial charge is 0.250 e. The first kappa shape index (κ1) is 28.9. The number of nitrogens with one attached hydrogen (secondary N) is 2. The predicted octanol–water partition coefficient (Wildman–Crippen LogP) is 6.85. The Morgan fingerprint density at radius 3 is 1.58 bits per heavy atom. The van der Waals surface area contributed by atoms with Crippen molar-refractivity contribution in [1.82, 2.24) is 10.9 Å². The van der Waals surface area contributed by atoms with Crippen LogP contribution in [0.5, 0.6) is 0 Å². The van der Waals surface area contributed by atoms with Gasteiger partial charge in [0.05, 0.1) is 11.5 Å². The highest BCUT2D eigenvalue weighted by molar-refractivity contribution is 9.10. The van der Waals surface area contributed by atoms with Gasteiger partial charge in [0, 0.05) is 36.6 Å². The summed E-state index contributed by atoms with van der Waals surface area (Å²) in [5.74, 6) is 0.316. The first-order valence-corrected chi connectivity index (χ1v) is 15.2. The van der Waals surface area contributed by atoms with Crippen molar-refractivity contribution in [1.29, 1.82) is 0 Å². The lowest BCUT2D eigenvalue weighted by atomic mass is 9.97. The average molecular weight is 654 g/mol. The van der Waals surface area contributed by atoms with E-state index in [0.717, 1.165) is 71.7 Å². The molecule has 1 aliphatic carbocycles. The predicted molar refractivity (Wildman–Crippen MR) is 158 cm³/mol. The van der Waals surface area contributed by atoms with E-state index in [1.165, 1.54) is 23.5 Å². The van der Waals surface area contributed by atoms with Gasteiger partial charge in [-0.15, -0.1) is 23.5 Å². The Labute approximate surface area is 238 Å². The Morgan fingerprint density at radius 1 is 0.750 bits per heavy atom. The largest absolute Gasteiger partial charge is 0.272 e. The number of benzene rings is 2. The summed E-state index contributed by atoms with van der Waals surface area (Å²) >= 11 is 10.1. The number of amides is 2. The molecule has 2 aromatic carbocycles. The molecule has 2 N–H and O–H groups in total. The van der Waals surface area contributed by atoms with Gasteiger partial charge in [0.25, 0.3) is 0 Å². The molecule has 6 nitrogen and oxygen atoms in total. The molecule has 0 radical (unpaired) electrons. The van der Waals surface area contributed by atoms with Crippen LogP contribution in [0, 0.1) is 27.7 Å². The third-order valence-corrected chi connectivity index (χ3v) is 9.67. The SMILES string of the molecule is Cc1cc(SCC(=O)N/N=C2/CCC/C(=N/NC(=O)CSc3cc(C)c(Br)cc3C)C2)c(C)cc1Br. The molecule has 192 valence electrons. The molecule has 0 aliphatic heterocycles. The van der Waals surface area contributed by atoms with Gasteiger partial charge >= 0.3 is 0 Å². The Hall–Kier alpha value is -1.62. The van der Waals surface area contributed by atoms with Crippen molar-refractivity contribution in [2.45, 2.75) is 63.2 Å². The first-order chi connectivity index (χ1) is 17.1. The van der Waals surface area contributed by atoms with Gasteiger partial charge in [-0.2, -0.15) is 10.2 Å². The molecule has 2 amide bonds. The number of hydrazone groups is 2. The summed E-state index contributed by atoms with van der Waals surface area (Å²) in [5.41, 5.74) is 11.6. The summed E-state index contributed by atoms with van der Waals surface area (Å²) in [6.07, 6.45) is 3.06. The molecule has 1 saturated carbocycles. The highest BCUT2D eigenvalue weighted by Gasteiger charge is 2.15. The molecular formula is C26H30Br2N4O2S2. The number of thioether (sulfide) groups is 2. The molecule has 1 aliphatic rings. The molecule has 0 bridgehead atoms. The van der Waals surface area contributed by atoms with Gasteiger partial charge in [-0.05, 0) is 93.5 Å². The third-order valence-electron chi connectivity index (χ3n) is 5.65. The monoisotopic (exact) mass is 652 g/mol. The fourth-order valence-corrected chi connectivity index (χ4v) is 6.26. The number of nitrogens with zero attached hydrogens (tertiary/aromatic N) is 2. The summed E-state index contributed by atoms with van der Waals surface area (Å²) in [4.78, 5) is 26.8. The zero-order valence-corrected chi connectivity index (χ0v) is 25.6. The molecule has 3 rings (SSSR count). The van der Waals surface area contributed by atoms with Crippen molar-refractivity contribution < 1.29 is 9.59 Å². The quantitative estimate of drug-likeness (QED) is 0.241. The minimum Gasteiger partial charge on any atom is -0.272 e. The second-order valence-electron chi connectivity index (χ2n) is 8.77. The maximum atomic E-state index is 12.3. The van der Waals surface area contributed by atoms with E-state index in [0.29, 0.717) is 17.9 Å². The highest BCUT2D eigenvalue weighted by atomic mass is 79.9. The van der Waals surface area contributed by atoms with Gasteiger partial charge in [-0.1, -0.05) is 31.9 Å². The minimum atomic E-state index is -0.139. The van der Waals surface area contributed by atoms with E-state index in [2.05, 4.69) is 77.2 Å². The van der Waals surface area contributed by atoms with Crippen molar-refractivity contribution in [2.75, 3.05) is 11.5 Å². The maximum Gasteiger partial charge on any atom is 0.250 e. The van der Waals surface area contributed by atoms with Gasteiger partial charge in [0.2, 0.25) is 11.8 Å². The lowest BCUT2D eigenvalue weighted by molar-refractivity contribution is -0.119. The Balaban J connectivity index is 1.45. The Bertz CT molecular complexity index is 1120. The minimum absolute atomic E-state index is 0.139. The van der Waals surface area contributed by atoms with Crippen molar-refractivity contribution in [2.24, 2.45) is 10.2 Å². The molecule has 0 atom stereocenters. The summed E-state index contributed by atoms with van der Waals surface area (Å²) in [6.45, 7) is 8.14. The van der Waals surface area contributed by atoms with Gasteiger partial charge in [0.15, 0.2) is 0 Å². The third kappa shape index (κ3) is 8.75. The van der Waals surface area contributed by atoms with Crippen LogP contribution in [0.25, 0.3) is 0 Å². The zero-order valence-electron chi connectivity index (χ0n) is 20.8. The molecule has 0 spiro atoms. The topological polar surface area (TPSA) is 82.9 Å². The fourth-order valence-electron chi connectivity index (χ4n) is 3.55. The first-order valence-electron chi connectivity index (χ1n) is 11.6. The van der Waals surface area contributed by atoms with Crippen molar-refractivity contribution in [3.63, 3.8) is 0 Å². The lowest BCUT2D eigenvalue weighted by Gasteiger charge is -2.15. The van der Waals surface area contributed by atoms with Crippen LogP contribution >= 0.6 is 55.4 Å². The average Bonchev–Trinajstić information content (AvgIpc) is 2.84. The van der Waals surface area contributed by atoms with E-state index < -0.39 is 0 Å². The molecular weight excluding hydrogens is 624 g/mol. The lowest BCUT2D eigenvalue weighted by Crippen LogP contribution is -2.26. The summed E-state index contributed by atoms with van der Waals surface area (Å²) in [7, 11) is 0. The van der Waals surface area contributed by atoms with Crippen molar-refractivity contribution in [3.8, 4) is 0 Å². The molecule has 2 aromatic rings. The fraction of sp³-hybridized carbons (Fsp3) is 0.385. The maximum absolute atomic E-state index is 12.3. The van der Waals surface area contributed by atoms with Crippen molar-refractivity contribution >= 4 is 78.6 Å². The molecule has 10 heteroatoms. The Kier molecular flexibility index (Phi) is 11.1. The number of carbonyl (C=O) groups is 2. The van der Waals surface area contributed by atoms with Crippen LogP contribution < -0.4 is 10.9 Å². The summed E-state index contributed by atoms with van der Waals surface area (Å²) in [6, 6.07) is 8.31. The van der Waals surface area contributed by atoms with Crippen LogP contribution in [0.2, 0.25) is 0 Å². The second-order valence-corrected chi connectivity index (χ2v) is 12.5. The number of hydrogen-bond donors (Lipinski definition) is 2. The van der Waals surface area contributed by atoms with Gasteiger partial charge in [0.1, 0.15) is 0 Å². The summed E-state index contributed by atoms with van der Waals surface area (Å²) < 4.78 is 2.14. The molecule has 0 heterocycles. The summed E-state index contributed by atoms with van der Waals surface area (Å²) in [5, 5.41) is 8.65. The normalized spacial score (nSPS) is 15.8.